The summed E-state index contributed by atoms with van der Waals surface area (Å²) < 4.78 is 324. The molecule has 4 heterocycles. The van der Waals surface area contributed by atoms with Gasteiger partial charge in [-0.3, -0.25) is 0 Å². The van der Waals surface area contributed by atoms with Crippen molar-refractivity contribution in [2.45, 2.75) is 86.2 Å². The van der Waals surface area contributed by atoms with Crippen LogP contribution in [0.3, 0.4) is 0 Å². The minimum atomic E-state index is -5.40. The summed E-state index contributed by atoms with van der Waals surface area (Å²) in [5.41, 5.74) is -15.8. The van der Waals surface area contributed by atoms with Gasteiger partial charge >= 0.3 is 49.4 Å². The van der Waals surface area contributed by atoms with Crippen LogP contribution < -0.4 is 15.5 Å². The molecule has 0 radical (unpaired) electrons. The number of nitrogens with two attached hydrogens (primary N) is 1. The lowest BCUT2D eigenvalue weighted by Gasteiger charge is -2.33. The molecule has 6 nitrogen and oxygen atoms in total. The maximum Gasteiger partial charge on any atom is 0.433 e. The van der Waals surface area contributed by atoms with Gasteiger partial charge in [-0.1, -0.05) is 12.1 Å². The Bertz CT molecular complexity index is 2280. The maximum atomic E-state index is 14.2. The van der Waals surface area contributed by atoms with Crippen LogP contribution in [0.5, 0.6) is 0 Å². The summed E-state index contributed by atoms with van der Waals surface area (Å²) in [7, 11) is 0. The van der Waals surface area contributed by atoms with Crippen LogP contribution >= 0.6 is 0 Å². The molecule has 0 bridgehead atoms. The Kier molecular flexibility index (Phi) is 14.5. The average molecular weight is 1050 g/mol. The van der Waals surface area contributed by atoms with Crippen molar-refractivity contribution in [1.82, 2.24) is 9.97 Å². The van der Waals surface area contributed by atoms with Gasteiger partial charge in [0.15, 0.2) is 11.4 Å². The van der Waals surface area contributed by atoms with Gasteiger partial charge in [0.2, 0.25) is 0 Å². The Labute approximate surface area is 376 Å². The van der Waals surface area contributed by atoms with Gasteiger partial charge in [-0.2, -0.15) is 105 Å². The van der Waals surface area contributed by atoms with Crippen molar-refractivity contribution in [2.24, 2.45) is 5.73 Å². The van der Waals surface area contributed by atoms with Crippen molar-refractivity contribution in [3.8, 4) is 0 Å². The van der Waals surface area contributed by atoms with E-state index in [9.17, 15) is 105 Å². The first-order valence-corrected chi connectivity index (χ1v) is 19.3. The van der Waals surface area contributed by atoms with E-state index in [1.807, 2.05) is 0 Å². The van der Waals surface area contributed by atoms with Crippen molar-refractivity contribution < 1.29 is 110 Å². The fraction of sp³-hybridized carbons (Fsp3) is 0.450. The van der Waals surface area contributed by atoms with Gasteiger partial charge in [0.25, 0.3) is 0 Å². The number of nitrogens with zero attached hydrogens (tertiary/aromatic N) is 4. The van der Waals surface area contributed by atoms with Gasteiger partial charge in [0, 0.05) is 38.3 Å². The second-order valence-electron chi connectivity index (χ2n) is 15.8. The quantitative estimate of drug-likeness (QED) is 0.187. The molecule has 0 saturated carbocycles. The molecule has 2 atom stereocenters. The van der Waals surface area contributed by atoms with E-state index in [-0.39, 0.29) is 36.4 Å². The molecule has 388 valence electrons. The first-order chi connectivity index (χ1) is 31.6. The molecular weight excluding hydrogens is 1020 g/mol. The second kappa shape index (κ2) is 18.3. The van der Waals surface area contributed by atoms with Crippen LogP contribution in [0, 0.1) is 0 Å². The third-order valence-electron chi connectivity index (χ3n) is 11.4. The van der Waals surface area contributed by atoms with Crippen LogP contribution in [0.25, 0.3) is 0 Å². The molecule has 2 fully saturated rings. The largest absolute Gasteiger partial charge is 0.433 e. The highest BCUT2D eigenvalue weighted by atomic mass is 19.4. The van der Waals surface area contributed by atoms with E-state index in [2.05, 4.69) is 9.97 Å². The first kappa shape index (κ1) is 55.5. The van der Waals surface area contributed by atoms with Gasteiger partial charge < -0.3 is 20.6 Å². The summed E-state index contributed by atoms with van der Waals surface area (Å²) in [5, 5.41) is 9.07. The molecular formula is C40H29F24N5O. The molecule has 6 rings (SSSR count). The van der Waals surface area contributed by atoms with Crippen LogP contribution in [0.15, 0.2) is 60.7 Å². The summed E-state index contributed by atoms with van der Waals surface area (Å²) in [5.74, 6) is -1.22. The lowest BCUT2D eigenvalue weighted by atomic mass is 9.77. The van der Waals surface area contributed by atoms with E-state index >= 15 is 0 Å². The molecule has 2 aromatic carbocycles. The Morgan fingerprint density at radius 1 is 0.443 bits per heavy atom. The molecule has 2 saturated heterocycles. The maximum absolute atomic E-state index is 14.2. The molecule has 0 aliphatic carbocycles. The minimum absolute atomic E-state index is 0.0156. The standard InChI is InChI=1S/C20H15F12N3.C20H14F12N2O/c21-17(22,23)12-5-11(6-13(7-12)18(24,25)26)16(20(30,31)32)3-4-35(9-16)14-2-1-10(8-33)15(34-14)19(27,28)29;21-17(22,23)12-5-11(6-13(7-12)18(24,25)26)16(20(30,31)32)3-4-34(9-16)14-2-1-10(8-35)15(33-14)19(27,28)29/h1-2,5-7H,3-4,8-9,33H2;1-2,5-7,35H,3-4,8-9H2. The number of rotatable bonds is 6. The normalized spacial score (nSPS) is 20.0. The summed E-state index contributed by atoms with van der Waals surface area (Å²) in [4.78, 5) is 8.04. The summed E-state index contributed by atoms with van der Waals surface area (Å²) in [6.45, 7) is -5.50. The number of halogens is 24. The molecule has 30 heteroatoms. The summed E-state index contributed by atoms with van der Waals surface area (Å²) >= 11 is 0. The number of benzene rings is 2. The number of aromatic nitrogens is 2. The molecule has 3 N–H and O–H groups in total. The highest BCUT2D eigenvalue weighted by Crippen LogP contribution is 2.53. The van der Waals surface area contributed by atoms with Crippen LogP contribution in [0.4, 0.5) is 117 Å². The van der Waals surface area contributed by atoms with Gasteiger partial charge in [-0.15, -0.1) is 0 Å². The van der Waals surface area contributed by atoms with Crippen LogP contribution in [0.1, 0.15) is 68.7 Å². The van der Waals surface area contributed by atoms with Gasteiger partial charge in [0.05, 0.1) is 28.9 Å². The van der Waals surface area contributed by atoms with E-state index in [0.717, 1.165) is 29.2 Å². The van der Waals surface area contributed by atoms with E-state index < -0.39 is 180 Å². The molecule has 2 aliphatic heterocycles. The summed E-state index contributed by atoms with van der Waals surface area (Å²) in [6, 6.07) is 2.78. The Morgan fingerprint density at radius 3 is 1.00 bits per heavy atom. The smallest absolute Gasteiger partial charge is 0.392 e. The number of hydrogen-bond acceptors (Lipinski definition) is 6. The van der Waals surface area contributed by atoms with Crippen molar-refractivity contribution >= 4 is 11.6 Å². The lowest BCUT2D eigenvalue weighted by molar-refractivity contribution is -0.185. The fourth-order valence-electron chi connectivity index (χ4n) is 7.83. The first-order valence-electron chi connectivity index (χ1n) is 19.3. The average Bonchev–Trinajstić information content (AvgIpc) is 3.90. The minimum Gasteiger partial charge on any atom is -0.392 e. The number of pyridine rings is 2. The second-order valence-corrected chi connectivity index (χ2v) is 15.8. The Hall–Kier alpha value is -5.42. The molecule has 2 unspecified atom stereocenters. The lowest BCUT2D eigenvalue weighted by Crippen LogP contribution is -2.45. The van der Waals surface area contributed by atoms with E-state index in [1.54, 1.807) is 0 Å². The third-order valence-corrected chi connectivity index (χ3v) is 11.4. The summed E-state index contributed by atoms with van der Waals surface area (Å²) in [6.07, 6.45) is -44.4. The predicted molar refractivity (Wildman–Crippen MR) is 194 cm³/mol. The molecule has 0 amide bonds. The predicted octanol–water partition coefficient (Wildman–Crippen LogP) is 12.6. The zero-order valence-corrected chi connectivity index (χ0v) is 34.3. The van der Waals surface area contributed by atoms with E-state index in [4.69, 9.17) is 10.8 Å². The van der Waals surface area contributed by atoms with Gasteiger partial charge in [-0.05, 0) is 78.1 Å². The number of hydrogen-bond donors (Lipinski definition) is 2. The highest BCUT2D eigenvalue weighted by Gasteiger charge is 2.62. The van der Waals surface area contributed by atoms with Crippen LogP contribution in [0.2, 0.25) is 0 Å². The van der Waals surface area contributed by atoms with Crippen molar-refractivity contribution in [2.75, 3.05) is 36.0 Å². The van der Waals surface area contributed by atoms with Crippen LogP contribution in [-0.2, 0) is 61.0 Å². The molecule has 4 aromatic rings. The monoisotopic (exact) mass is 1050 g/mol. The zero-order chi connectivity index (χ0) is 53.2. The van der Waals surface area contributed by atoms with Crippen LogP contribution in [-0.4, -0.2) is 53.6 Å². The van der Waals surface area contributed by atoms with Gasteiger partial charge in [-0.25, -0.2) is 9.97 Å². The molecule has 2 aliphatic rings. The molecule has 70 heavy (non-hydrogen) atoms. The van der Waals surface area contributed by atoms with Crippen molar-refractivity contribution in [3.05, 3.63) is 117 Å². The van der Waals surface area contributed by atoms with Crippen molar-refractivity contribution in [1.29, 1.82) is 0 Å². The SMILES string of the molecule is NCc1ccc(N2CCC(c3cc(C(F)(F)F)cc(C(F)(F)F)c3)(C(F)(F)F)C2)nc1C(F)(F)F.OCc1ccc(N2CCC(c3cc(C(F)(F)F)cc(C(F)(F)F)c3)(C(F)(F)F)C2)nc1C(F)(F)F. The molecule has 2 aromatic heterocycles. The molecule has 0 spiro atoms. The van der Waals surface area contributed by atoms with E-state index in [0.29, 0.717) is 4.90 Å². The number of alkyl halides is 24. The van der Waals surface area contributed by atoms with Gasteiger partial charge in [0.1, 0.15) is 22.5 Å². The Balaban J connectivity index is 0.000000261. The van der Waals surface area contributed by atoms with E-state index in [1.165, 1.54) is 0 Å². The number of aliphatic hydroxyl groups is 1. The topological polar surface area (TPSA) is 78.5 Å². The Morgan fingerprint density at radius 2 is 0.743 bits per heavy atom. The third kappa shape index (κ3) is 11.4. The zero-order valence-electron chi connectivity index (χ0n) is 34.3. The van der Waals surface area contributed by atoms with Crippen molar-refractivity contribution in [3.63, 3.8) is 0 Å². The highest BCUT2D eigenvalue weighted by molar-refractivity contribution is 5.51. The number of anilines is 2. The number of aliphatic hydroxyl groups excluding tert-OH is 1. The fourth-order valence-corrected chi connectivity index (χ4v) is 7.83.